The molecule has 4 nitrogen and oxygen atoms in total. The van der Waals surface area contributed by atoms with Gasteiger partial charge in [0.15, 0.2) is 0 Å². The van der Waals surface area contributed by atoms with E-state index in [1.54, 1.807) is 0 Å². The van der Waals surface area contributed by atoms with Gasteiger partial charge in [0.05, 0.1) is 5.75 Å². The lowest BCUT2D eigenvalue weighted by Gasteiger charge is -2.17. The first-order chi connectivity index (χ1) is 7.89. The third-order valence-electron chi connectivity index (χ3n) is 2.39. The first kappa shape index (κ1) is 17.1. The Labute approximate surface area is 108 Å². The number of nitrogens with one attached hydrogen (secondary N) is 1. The monoisotopic (exact) mass is 283 g/mol. The molecule has 2 atom stereocenters. The molecule has 0 radical (unpaired) electrons. The topological polar surface area (TPSA) is 63.2 Å². The van der Waals surface area contributed by atoms with Gasteiger partial charge in [-0.05, 0) is 19.4 Å². The first-order valence-electron chi connectivity index (χ1n) is 6.15. The lowest BCUT2D eigenvalue weighted by atomic mass is 10.2. The molecule has 0 aliphatic rings. The number of sulfone groups is 1. The summed E-state index contributed by atoms with van der Waals surface area (Å²) in [6.07, 6.45) is 4.27. The van der Waals surface area contributed by atoms with Crippen molar-refractivity contribution >= 4 is 20.6 Å². The molecule has 0 spiro atoms. The van der Waals surface area contributed by atoms with Crippen molar-refractivity contribution < 1.29 is 12.6 Å². The summed E-state index contributed by atoms with van der Waals surface area (Å²) >= 11 is 0. The van der Waals surface area contributed by atoms with Crippen LogP contribution in [0.4, 0.5) is 0 Å². The van der Waals surface area contributed by atoms with Crippen LogP contribution in [0.3, 0.4) is 0 Å². The molecule has 0 aliphatic carbocycles. The van der Waals surface area contributed by atoms with Crippen LogP contribution in [0.1, 0.15) is 33.1 Å². The van der Waals surface area contributed by atoms with E-state index in [0.717, 1.165) is 25.8 Å². The smallest absolute Gasteiger partial charge is 0.148 e. The van der Waals surface area contributed by atoms with Gasteiger partial charge in [0.25, 0.3) is 0 Å². The first-order valence-corrected chi connectivity index (χ1v) is 9.70. The summed E-state index contributed by atoms with van der Waals surface area (Å²) in [5, 5.41) is 3.36. The van der Waals surface area contributed by atoms with E-state index in [1.807, 2.05) is 0 Å². The Bertz CT molecular complexity index is 315. The Kier molecular flexibility index (Phi) is 9.08. The van der Waals surface area contributed by atoms with Crippen molar-refractivity contribution in [2.45, 2.75) is 39.2 Å². The summed E-state index contributed by atoms with van der Waals surface area (Å²) < 4.78 is 33.7. The standard InChI is InChI=1S/C11H25NO3S2/c1-4-6-11(12-7-5-2)10-16(13)8-9-17(3,14)15/h11-12H,4-10H2,1-3H3. The van der Waals surface area contributed by atoms with Crippen LogP contribution in [0.5, 0.6) is 0 Å². The maximum Gasteiger partial charge on any atom is 0.148 e. The lowest BCUT2D eigenvalue weighted by Crippen LogP contribution is -2.35. The lowest BCUT2D eigenvalue weighted by molar-refractivity contribution is 0.510. The summed E-state index contributed by atoms with van der Waals surface area (Å²) in [5.41, 5.74) is 0. The van der Waals surface area contributed by atoms with E-state index >= 15 is 0 Å². The Balaban J connectivity index is 4.02. The van der Waals surface area contributed by atoms with Crippen LogP contribution in [0.2, 0.25) is 0 Å². The second-order valence-corrected chi connectivity index (χ2v) is 8.26. The van der Waals surface area contributed by atoms with E-state index in [9.17, 15) is 12.6 Å². The van der Waals surface area contributed by atoms with Crippen LogP contribution >= 0.6 is 0 Å². The van der Waals surface area contributed by atoms with E-state index in [1.165, 1.54) is 6.26 Å². The van der Waals surface area contributed by atoms with Crippen LogP contribution in [-0.4, -0.2) is 48.7 Å². The molecule has 1 N–H and O–H groups in total. The van der Waals surface area contributed by atoms with Gasteiger partial charge in [-0.15, -0.1) is 0 Å². The van der Waals surface area contributed by atoms with E-state index < -0.39 is 20.6 Å². The molecular weight excluding hydrogens is 258 g/mol. The second-order valence-electron chi connectivity index (χ2n) is 4.38. The van der Waals surface area contributed by atoms with Crippen LogP contribution in [0.15, 0.2) is 0 Å². The molecule has 0 amide bonds. The molecule has 0 aromatic rings. The zero-order chi connectivity index (χ0) is 13.3. The van der Waals surface area contributed by atoms with Crippen LogP contribution in [-0.2, 0) is 20.6 Å². The highest BCUT2D eigenvalue weighted by Gasteiger charge is 2.13. The number of hydrogen-bond acceptors (Lipinski definition) is 4. The largest absolute Gasteiger partial charge is 0.313 e. The molecule has 0 aromatic heterocycles. The van der Waals surface area contributed by atoms with Gasteiger partial charge in [0.2, 0.25) is 0 Å². The van der Waals surface area contributed by atoms with Crippen molar-refractivity contribution in [2.75, 3.05) is 30.1 Å². The van der Waals surface area contributed by atoms with Crippen molar-refractivity contribution in [2.24, 2.45) is 0 Å². The molecule has 0 heterocycles. The third-order valence-corrected chi connectivity index (χ3v) is 5.03. The highest BCUT2D eigenvalue weighted by atomic mass is 32.2. The normalized spacial score (nSPS) is 15.7. The van der Waals surface area contributed by atoms with Crippen LogP contribution in [0.25, 0.3) is 0 Å². The zero-order valence-corrected chi connectivity index (χ0v) is 12.7. The minimum atomic E-state index is -3.00. The van der Waals surface area contributed by atoms with Gasteiger partial charge < -0.3 is 5.32 Å². The van der Waals surface area contributed by atoms with E-state index in [2.05, 4.69) is 19.2 Å². The van der Waals surface area contributed by atoms with Crippen molar-refractivity contribution in [1.29, 1.82) is 0 Å². The number of hydrogen-bond donors (Lipinski definition) is 1. The molecule has 0 rings (SSSR count). The molecule has 0 bridgehead atoms. The van der Waals surface area contributed by atoms with Crippen LogP contribution in [0, 0.1) is 0 Å². The average molecular weight is 283 g/mol. The molecule has 2 unspecified atom stereocenters. The molecule has 17 heavy (non-hydrogen) atoms. The van der Waals surface area contributed by atoms with Gasteiger partial charge in [-0.1, -0.05) is 20.3 Å². The van der Waals surface area contributed by atoms with E-state index in [-0.39, 0.29) is 17.5 Å². The Morgan fingerprint density at radius 1 is 1.24 bits per heavy atom. The second kappa shape index (κ2) is 9.05. The molecule has 104 valence electrons. The predicted molar refractivity (Wildman–Crippen MR) is 74.6 cm³/mol. The zero-order valence-electron chi connectivity index (χ0n) is 11.1. The fraction of sp³-hybridized carbons (Fsp3) is 1.00. The fourth-order valence-electron chi connectivity index (χ4n) is 1.49. The van der Waals surface area contributed by atoms with Gasteiger partial charge in [0, 0.05) is 34.6 Å². The summed E-state index contributed by atoms with van der Waals surface area (Å²) in [4.78, 5) is 0. The Morgan fingerprint density at radius 3 is 2.35 bits per heavy atom. The average Bonchev–Trinajstić information content (AvgIpc) is 2.22. The van der Waals surface area contributed by atoms with Crippen molar-refractivity contribution in [3.8, 4) is 0 Å². The predicted octanol–water partition coefficient (Wildman–Crippen LogP) is 0.948. The summed E-state index contributed by atoms with van der Waals surface area (Å²) in [5.74, 6) is 0.836. The minimum Gasteiger partial charge on any atom is -0.313 e. The van der Waals surface area contributed by atoms with Gasteiger partial charge in [-0.3, -0.25) is 4.21 Å². The van der Waals surface area contributed by atoms with Crippen molar-refractivity contribution in [1.82, 2.24) is 5.32 Å². The van der Waals surface area contributed by atoms with Gasteiger partial charge >= 0.3 is 0 Å². The van der Waals surface area contributed by atoms with E-state index in [4.69, 9.17) is 0 Å². The molecule has 6 heteroatoms. The van der Waals surface area contributed by atoms with Crippen LogP contribution < -0.4 is 5.32 Å². The van der Waals surface area contributed by atoms with Gasteiger partial charge in [-0.2, -0.15) is 0 Å². The highest BCUT2D eigenvalue weighted by molar-refractivity contribution is 7.92. The summed E-state index contributed by atoms with van der Waals surface area (Å²) in [6.45, 7) is 5.12. The van der Waals surface area contributed by atoms with E-state index in [0.29, 0.717) is 5.75 Å². The third kappa shape index (κ3) is 10.9. The molecule has 0 aromatic carbocycles. The SMILES string of the molecule is CCCNC(CCC)CS(=O)CCS(C)(=O)=O. The quantitative estimate of drug-likeness (QED) is 0.648. The van der Waals surface area contributed by atoms with Crippen molar-refractivity contribution in [3.05, 3.63) is 0 Å². The molecule has 0 aliphatic heterocycles. The van der Waals surface area contributed by atoms with Gasteiger partial charge in [-0.25, -0.2) is 8.42 Å². The summed E-state index contributed by atoms with van der Waals surface area (Å²) in [7, 11) is -4.04. The van der Waals surface area contributed by atoms with Crippen molar-refractivity contribution in [3.63, 3.8) is 0 Å². The molecule has 0 saturated heterocycles. The fourth-order valence-corrected chi connectivity index (χ4v) is 4.35. The Hall–Kier alpha value is 0.0600. The molecule has 0 saturated carbocycles. The maximum absolute atomic E-state index is 11.7. The minimum absolute atomic E-state index is 0.0201. The molecule has 0 fully saturated rings. The van der Waals surface area contributed by atoms with Gasteiger partial charge in [0.1, 0.15) is 9.84 Å². The molecular formula is C11H25NO3S2. The number of rotatable bonds is 10. The maximum atomic E-state index is 11.7. The highest BCUT2D eigenvalue weighted by Crippen LogP contribution is 2.00. The Morgan fingerprint density at radius 2 is 1.88 bits per heavy atom. The summed E-state index contributed by atoms with van der Waals surface area (Å²) in [6, 6.07) is 0.250.